The van der Waals surface area contributed by atoms with E-state index in [-0.39, 0.29) is 0 Å². The Bertz CT molecular complexity index is 188. The Morgan fingerprint density at radius 2 is 1.06 bits per heavy atom. The topological polar surface area (TPSA) is 0 Å². The third-order valence-corrected chi connectivity index (χ3v) is 3.15. The van der Waals surface area contributed by atoms with Gasteiger partial charge in [-0.3, -0.25) is 0 Å². The van der Waals surface area contributed by atoms with E-state index in [1.165, 1.54) is 70.6 Å². The second kappa shape index (κ2) is 16.5. The lowest BCUT2D eigenvalue weighted by Gasteiger charge is -1.97. The molecule has 0 spiro atoms. The number of hydrogen-bond donors (Lipinski definition) is 0. The second-order valence-corrected chi connectivity index (χ2v) is 5.07. The minimum atomic E-state index is 1.08. The minimum Gasteiger partial charge on any atom is -0.0885 e. The fourth-order valence-electron chi connectivity index (χ4n) is 1.95. The molecule has 105 valence electrons. The van der Waals surface area contributed by atoms with Gasteiger partial charge in [0.25, 0.3) is 0 Å². The van der Waals surface area contributed by atoms with Crippen LogP contribution in [0.3, 0.4) is 0 Å². The van der Waals surface area contributed by atoms with Crippen molar-refractivity contribution in [3.63, 3.8) is 0 Å². The van der Waals surface area contributed by atoms with Crippen LogP contribution in [0.1, 0.15) is 84.0 Å². The fourth-order valence-corrected chi connectivity index (χ4v) is 1.95. The molecule has 0 aromatic carbocycles. The average molecular weight is 249 g/mol. The first-order valence-electron chi connectivity index (χ1n) is 8.01. The maximum atomic E-state index is 3.86. The van der Waals surface area contributed by atoms with Gasteiger partial charge in [-0.1, -0.05) is 70.3 Å². The molecule has 0 aromatic heterocycles. The van der Waals surface area contributed by atoms with E-state index in [1.54, 1.807) is 0 Å². The van der Waals surface area contributed by atoms with Crippen molar-refractivity contribution in [2.45, 2.75) is 84.0 Å². The highest BCUT2D eigenvalue weighted by atomic mass is 13.9. The Labute approximate surface area is 116 Å². The van der Waals surface area contributed by atoms with Crippen molar-refractivity contribution in [1.82, 2.24) is 0 Å². The molecular formula is C18H33. The predicted octanol–water partition coefficient (Wildman–Crippen LogP) is 6.63. The minimum absolute atomic E-state index is 1.08. The first-order valence-corrected chi connectivity index (χ1v) is 8.01. The van der Waals surface area contributed by atoms with E-state index in [9.17, 15) is 0 Å². The lowest BCUT2D eigenvalue weighted by Crippen LogP contribution is -1.77. The number of hydrogen-bond acceptors (Lipinski definition) is 0. The highest BCUT2D eigenvalue weighted by molar-refractivity contribution is 4.82. The summed E-state index contributed by atoms with van der Waals surface area (Å²) < 4.78 is 0. The van der Waals surface area contributed by atoms with Gasteiger partial charge in [-0.2, -0.15) is 0 Å². The summed E-state index contributed by atoms with van der Waals surface area (Å²) >= 11 is 0. The lowest BCUT2D eigenvalue weighted by atomic mass is 10.1. The van der Waals surface area contributed by atoms with Crippen molar-refractivity contribution in [2.75, 3.05) is 0 Å². The third kappa shape index (κ3) is 15.5. The highest BCUT2D eigenvalue weighted by Gasteiger charge is 1.88. The average Bonchev–Trinajstić information content (AvgIpc) is 2.39. The summed E-state index contributed by atoms with van der Waals surface area (Å²) in [6.45, 7) is 6.09. The van der Waals surface area contributed by atoms with Crippen LogP contribution in [-0.4, -0.2) is 0 Å². The van der Waals surface area contributed by atoms with E-state index in [1.807, 2.05) is 0 Å². The zero-order valence-corrected chi connectivity index (χ0v) is 12.5. The molecule has 0 unspecified atom stereocenters. The smallest absolute Gasteiger partial charge is 0.0351 e. The summed E-state index contributed by atoms with van der Waals surface area (Å²) in [4.78, 5) is 0. The van der Waals surface area contributed by atoms with Gasteiger partial charge in [-0.15, -0.1) is 0 Å². The van der Waals surface area contributed by atoms with Gasteiger partial charge in [0, 0.05) is 0 Å². The van der Waals surface area contributed by atoms with Crippen LogP contribution >= 0.6 is 0 Å². The van der Waals surface area contributed by atoms with Crippen molar-refractivity contribution in [2.24, 2.45) is 0 Å². The van der Waals surface area contributed by atoms with Crippen molar-refractivity contribution < 1.29 is 0 Å². The van der Waals surface area contributed by atoms with Gasteiger partial charge < -0.3 is 0 Å². The van der Waals surface area contributed by atoms with E-state index >= 15 is 0 Å². The van der Waals surface area contributed by atoms with Gasteiger partial charge in [0.1, 0.15) is 0 Å². The molecule has 0 saturated heterocycles. The standard InChI is InChI=1S/C18H33/c1-3-5-7-9-11-13-15-17-18-16-14-12-10-8-6-4-2/h8,10-11,13H,1,3-7,9,12,14-18H2,2H3. The van der Waals surface area contributed by atoms with Crippen molar-refractivity contribution in [1.29, 1.82) is 0 Å². The number of rotatable bonds is 13. The Kier molecular flexibility index (Phi) is 16.0. The van der Waals surface area contributed by atoms with Crippen molar-refractivity contribution >= 4 is 0 Å². The van der Waals surface area contributed by atoms with Crippen molar-refractivity contribution in [3.05, 3.63) is 31.2 Å². The van der Waals surface area contributed by atoms with Gasteiger partial charge in [0.2, 0.25) is 0 Å². The highest BCUT2D eigenvalue weighted by Crippen LogP contribution is 2.07. The van der Waals surface area contributed by atoms with Crippen LogP contribution in [-0.2, 0) is 0 Å². The molecule has 0 aromatic rings. The quantitative estimate of drug-likeness (QED) is 0.254. The summed E-state index contributed by atoms with van der Waals surface area (Å²) in [6.07, 6.45) is 24.9. The molecule has 0 heterocycles. The predicted molar refractivity (Wildman–Crippen MR) is 84.7 cm³/mol. The summed E-state index contributed by atoms with van der Waals surface area (Å²) in [7, 11) is 0. The molecule has 0 fully saturated rings. The maximum absolute atomic E-state index is 3.86. The Morgan fingerprint density at radius 1 is 0.611 bits per heavy atom. The van der Waals surface area contributed by atoms with Gasteiger partial charge >= 0.3 is 0 Å². The van der Waals surface area contributed by atoms with Crippen LogP contribution in [0.15, 0.2) is 24.3 Å². The largest absolute Gasteiger partial charge is 0.0885 e. The van der Waals surface area contributed by atoms with E-state index in [2.05, 4.69) is 38.2 Å². The van der Waals surface area contributed by atoms with E-state index in [0.29, 0.717) is 0 Å². The zero-order chi connectivity index (χ0) is 13.3. The van der Waals surface area contributed by atoms with Crippen LogP contribution in [0.5, 0.6) is 0 Å². The Morgan fingerprint density at radius 3 is 1.50 bits per heavy atom. The molecule has 0 N–H and O–H groups in total. The summed E-state index contributed by atoms with van der Waals surface area (Å²) in [5.74, 6) is 0. The molecule has 18 heavy (non-hydrogen) atoms. The molecule has 0 nitrogen and oxygen atoms in total. The van der Waals surface area contributed by atoms with Crippen LogP contribution in [0, 0.1) is 6.92 Å². The van der Waals surface area contributed by atoms with Gasteiger partial charge in [0.05, 0.1) is 0 Å². The number of allylic oxidation sites excluding steroid dienone is 4. The summed E-state index contributed by atoms with van der Waals surface area (Å²) in [5.41, 5.74) is 0. The molecular weight excluding hydrogens is 216 g/mol. The summed E-state index contributed by atoms with van der Waals surface area (Å²) in [5, 5.41) is 0. The van der Waals surface area contributed by atoms with Crippen LogP contribution in [0.25, 0.3) is 0 Å². The number of unbranched alkanes of at least 4 members (excludes halogenated alkanes) is 9. The molecule has 0 amide bonds. The normalized spacial score (nSPS) is 11.9. The van der Waals surface area contributed by atoms with Crippen LogP contribution < -0.4 is 0 Å². The third-order valence-electron chi connectivity index (χ3n) is 3.15. The van der Waals surface area contributed by atoms with Crippen LogP contribution in [0.4, 0.5) is 0 Å². The van der Waals surface area contributed by atoms with Gasteiger partial charge in [0.15, 0.2) is 0 Å². The first kappa shape index (κ1) is 17.5. The maximum Gasteiger partial charge on any atom is -0.0351 e. The molecule has 1 radical (unpaired) electrons. The Hall–Kier alpha value is -0.520. The molecule has 0 saturated carbocycles. The van der Waals surface area contributed by atoms with Crippen molar-refractivity contribution in [3.8, 4) is 0 Å². The molecule has 0 bridgehead atoms. The molecule has 0 aliphatic heterocycles. The van der Waals surface area contributed by atoms with E-state index < -0.39 is 0 Å². The van der Waals surface area contributed by atoms with Crippen LogP contribution in [0.2, 0.25) is 0 Å². The zero-order valence-electron chi connectivity index (χ0n) is 12.5. The lowest BCUT2D eigenvalue weighted by molar-refractivity contribution is 0.650. The second-order valence-electron chi connectivity index (χ2n) is 5.07. The molecule has 0 atom stereocenters. The Balaban J connectivity index is 3.06. The molecule has 0 aliphatic carbocycles. The molecule has 0 aliphatic rings. The van der Waals surface area contributed by atoms with E-state index in [0.717, 1.165) is 6.42 Å². The summed E-state index contributed by atoms with van der Waals surface area (Å²) in [6, 6.07) is 0. The SMILES string of the molecule is [CH2]CCCCC=CCCCCCCC=CCCC. The first-order chi connectivity index (χ1) is 8.91. The molecule has 0 rings (SSSR count). The monoisotopic (exact) mass is 249 g/mol. The fraction of sp³-hybridized carbons (Fsp3) is 0.722. The molecule has 0 heteroatoms. The van der Waals surface area contributed by atoms with E-state index in [4.69, 9.17) is 0 Å². The van der Waals surface area contributed by atoms with Gasteiger partial charge in [-0.25, -0.2) is 0 Å². The van der Waals surface area contributed by atoms with Gasteiger partial charge in [-0.05, 0) is 44.9 Å².